The summed E-state index contributed by atoms with van der Waals surface area (Å²) in [7, 11) is 2.15. The third-order valence-electron chi connectivity index (χ3n) is 5.24. The second-order valence-corrected chi connectivity index (χ2v) is 8.38. The van der Waals surface area contributed by atoms with E-state index in [9.17, 15) is 4.79 Å². The number of hydrogen-bond donors (Lipinski definition) is 0. The van der Waals surface area contributed by atoms with Crippen molar-refractivity contribution >= 4 is 23.1 Å². The molecule has 0 radical (unpaired) electrons. The summed E-state index contributed by atoms with van der Waals surface area (Å²) in [5, 5.41) is 0. The average molecular weight is 409 g/mol. The molecule has 150 valence electrons. The zero-order chi connectivity index (χ0) is 20.2. The number of rotatable bonds is 6. The van der Waals surface area contributed by atoms with Crippen LogP contribution in [0.3, 0.4) is 0 Å². The van der Waals surface area contributed by atoms with Crippen LogP contribution in [0.4, 0.5) is 5.95 Å². The highest BCUT2D eigenvalue weighted by molar-refractivity contribution is 7.17. The van der Waals surface area contributed by atoms with Crippen LogP contribution in [0.25, 0.3) is 10.6 Å². The first kappa shape index (κ1) is 19.6. The second-order valence-electron chi connectivity index (χ2n) is 7.30. The molecule has 0 bridgehead atoms. The van der Waals surface area contributed by atoms with Crippen molar-refractivity contribution in [1.82, 2.24) is 24.8 Å². The van der Waals surface area contributed by atoms with E-state index >= 15 is 0 Å². The highest BCUT2D eigenvalue weighted by atomic mass is 32.1. The van der Waals surface area contributed by atoms with Gasteiger partial charge in [0.1, 0.15) is 0 Å². The third-order valence-corrected chi connectivity index (χ3v) is 6.45. The monoisotopic (exact) mass is 408 g/mol. The molecule has 0 N–H and O–H groups in total. The number of ketones is 1. The quantitative estimate of drug-likeness (QED) is 0.579. The molecule has 0 aromatic carbocycles. The average Bonchev–Trinajstić information content (AvgIpc) is 3.26. The Bertz CT molecular complexity index is 951. The Morgan fingerprint density at radius 1 is 1.14 bits per heavy atom. The number of thiophene rings is 1. The van der Waals surface area contributed by atoms with E-state index in [1.807, 2.05) is 24.4 Å². The summed E-state index contributed by atoms with van der Waals surface area (Å²) in [6.07, 6.45) is 9.37. The molecule has 1 aliphatic heterocycles. The highest BCUT2D eigenvalue weighted by Gasteiger charge is 2.24. The highest BCUT2D eigenvalue weighted by Crippen LogP contribution is 2.26. The molecule has 0 unspecified atom stereocenters. The van der Waals surface area contributed by atoms with Gasteiger partial charge in [0.25, 0.3) is 0 Å². The van der Waals surface area contributed by atoms with Crippen LogP contribution in [-0.2, 0) is 6.54 Å². The number of hydrogen-bond acceptors (Lipinski definition) is 8. The van der Waals surface area contributed by atoms with Crippen molar-refractivity contribution in [2.24, 2.45) is 0 Å². The normalized spacial score (nSPS) is 15.1. The van der Waals surface area contributed by atoms with Crippen LogP contribution >= 0.6 is 11.3 Å². The second kappa shape index (κ2) is 8.75. The maximum absolute atomic E-state index is 11.5. The van der Waals surface area contributed by atoms with Gasteiger partial charge < -0.3 is 4.90 Å². The summed E-state index contributed by atoms with van der Waals surface area (Å²) in [6.45, 7) is 4.27. The predicted molar refractivity (Wildman–Crippen MR) is 114 cm³/mol. The van der Waals surface area contributed by atoms with E-state index < -0.39 is 0 Å². The van der Waals surface area contributed by atoms with E-state index in [1.165, 1.54) is 11.3 Å². The number of anilines is 1. The molecule has 0 aliphatic carbocycles. The van der Waals surface area contributed by atoms with E-state index in [4.69, 9.17) is 0 Å². The van der Waals surface area contributed by atoms with Crippen LogP contribution in [-0.4, -0.2) is 56.8 Å². The van der Waals surface area contributed by atoms with Gasteiger partial charge in [-0.25, -0.2) is 9.97 Å². The summed E-state index contributed by atoms with van der Waals surface area (Å²) in [6, 6.07) is 6.13. The lowest BCUT2D eigenvalue weighted by Crippen LogP contribution is -2.43. The molecular weight excluding hydrogens is 384 g/mol. The van der Waals surface area contributed by atoms with Gasteiger partial charge in [-0.05, 0) is 45.0 Å². The summed E-state index contributed by atoms with van der Waals surface area (Å²) in [5.41, 5.74) is 1.76. The molecule has 4 rings (SSSR count). The summed E-state index contributed by atoms with van der Waals surface area (Å²) < 4.78 is 0. The fourth-order valence-corrected chi connectivity index (χ4v) is 4.44. The predicted octanol–water partition coefficient (Wildman–Crippen LogP) is 3.30. The lowest BCUT2D eigenvalue weighted by molar-refractivity contribution is 0.102. The number of nitrogens with zero attached hydrogens (tertiary/aromatic N) is 6. The first-order valence-corrected chi connectivity index (χ1v) is 10.6. The Kier molecular flexibility index (Phi) is 5.92. The topological polar surface area (TPSA) is 75.1 Å². The molecule has 8 heteroatoms. The lowest BCUT2D eigenvalue weighted by atomic mass is 10.0. The van der Waals surface area contributed by atoms with E-state index in [-0.39, 0.29) is 5.78 Å². The van der Waals surface area contributed by atoms with E-state index in [0.717, 1.165) is 59.6 Å². The maximum Gasteiger partial charge on any atom is 0.225 e. The van der Waals surface area contributed by atoms with Crippen molar-refractivity contribution in [2.75, 3.05) is 25.0 Å². The summed E-state index contributed by atoms with van der Waals surface area (Å²) >= 11 is 1.46. The minimum Gasteiger partial charge on any atom is -0.341 e. The molecule has 29 heavy (non-hydrogen) atoms. The number of aromatic nitrogens is 4. The molecule has 0 amide bonds. The summed E-state index contributed by atoms with van der Waals surface area (Å²) in [4.78, 5) is 35.6. The van der Waals surface area contributed by atoms with Crippen LogP contribution in [0, 0.1) is 0 Å². The van der Waals surface area contributed by atoms with Gasteiger partial charge in [0.2, 0.25) is 5.95 Å². The SMILES string of the molecule is CC(=O)c1ccc(-c2cnc(CN(C)C3CCN(c4ncccn4)CC3)cn2)s1. The Morgan fingerprint density at radius 3 is 2.52 bits per heavy atom. The van der Waals surface area contributed by atoms with Gasteiger partial charge in [-0.2, -0.15) is 0 Å². The number of carbonyl (C=O) groups excluding carboxylic acids is 1. The lowest BCUT2D eigenvalue weighted by Gasteiger charge is -2.36. The molecule has 3 aromatic heterocycles. The van der Waals surface area contributed by atoms with Gasteiger partial charge >= 0.3 is 0 Å². The van der Waals surface area contributed by atoms with Crippen LogP contribution < -0.4 is 4.90 Å². The molecule has 0 spiro atoms. The molecule has 1 fully saturated rings. The standard InChI is InChI=1S/C21H24N6OS/c1-15(28)19-4-5-20(29-19)18-13-24-16(12-25-18)14-26(2)17-6-10-27(11-7-17)21-22-8-3-9-23-21/h3-5,8-9,12-13,17H,6-7,10-11,14H2,1-2H3. The van der Waals surface area contributed by atoms with E-state index in [2.05, 4.69) is 36.8 Å². The van der Waals surface area contributed by atoms with Crippen LogP contribution in [0.15, 0.2) is 43.0 Å². The smallest absolute Gasteiger partial charge is 0.225 e. The molecule has 0 saturated carbocycles. The van der Waals surface area contributed by atoms with Crippen LogP contribution in [0.5, 0.6) is 0 Å². The fourth-order valence-electron chi connectivity index (χ4n) is 3.57. The van der Waals surface area contributed by atoms with Crippen molar-refractivity contribution < 1.29 is 4.79 Å². The Labute approximate surface area is 174 Å². The first-order chi connectivity index (χ1) is 14.1. The Balaban J connectivity index is 1.33. The first-order valence-electron chi connectivity index (χ1n) is 9.74. The molecule has 7 nitrogen and oxygen atoms in total. The van der Waals surface area contributed by atoms with E-state index in [1.54, 1.807) is 25.5 Å². The third kappa shape index (κ3) is 4.65. The van der Waals surface area contributed by atoms with Gasteiger partial charge in [0.05, 0.1) is 33.5 Å². The number of Topliss-reactive ketones (excluding diaryl/α,β-unsaturated/α-hetero) is 1. The van der Waals surface area contributed by atoms with Gasteiger partial charge in [0, 0.05) is 38.1 Å². The number of piperidine rings is 1. The largest absolute Gasteiger partial charge is 0.341 e. The van der Waals surface area contributed by atoms with Crippen molar-refractivity contribution in [3.8, 4) is 10.6 Å². The van der Waals surface area contributed by atoms with Gasteiger partial charge in [0.15, 0.2) is 5.78 Å². The minimum atomic E-state index is 0.0809. The number of carbonyl (C=O) groups is 1. The van der Waals surface area contributed by atoms with Crippen molar-refractivity contribution in [3.63, 3.8) is 0 Å². The zero-order valence-corrected chi connectivity index (χ0v) is 17.5. The Morgan fingerprint density at radius 2 is 1.90 bits per heavy atom. The minimum absolute atomic E-state index is 0.0809. The van der Waals surface area contributed by atoms with Crippen molar-refractivity contribution in [2.45, 2.75) is 32.4 Å². The molecule has 4 heterocycles. The molecule has 3 aromatic rings. The maximum atomic E-state index is 11.5. The van der Waals surface area contributed by atoms with Crippen molar-refractivity contribution in [3.05, 3.63) is 53.6 Å². The zero-order valence-electron chi connectivity index (χ0n) is 16.7. The molecule has 1 aliphatic rings. The van der Waals surface area contributed by atoms with E-state index in [0.29, 0.717) is 6.04 Å². The molecular formula is C21H24N6OS. The van der Waals surface area contributed by atoms with Crippen molar-refractivity contribution in [1.29, 1.82) is 0 Å². The van der Waals surface area contributed by atoms with Gasteiger partial charge in [-0.1, -0.05) is 0 Å². The fraction of sp³-hybridized carbons (Fsp3) is 0.381. The van der Waals surface area contributed by atoms with Gasteiger partial charge in [-0.15, -0.1) is 11.3 Å². The summed E-state index contributed by atoms with van der Waals surface area (Å²) in [5.74, 6) is 0.897. The van der Waals surface area contributed by atoms with Crippen LogP contribution in [0.2, 0.25) is 0 Å². The van der Waals surface area contributed by atoms with Crippen LogP contribution in [0.1, 0.15) is 35.1 Å². The molecule has 1 saturated heterocycles. The molecule has 0 atom stereocenters. The van der Waals surface area contributed by atoms with Gasteiger partial charge in [-0.3, -0.25) is 19.7 Å². The Hall–Kier alpha value is -2.71.